The molecule has 8 atom stereocenters. The summed E-state index contributed by atoms with van der Waals surface area (Å²) in [6.07, 6.45) is -3.87. The molecule has 2 aliphatic heterocycles. The van der Waals surface area contributed by atoms with Crippen LogP contribution >= 0.6 is 0 Å². The highest BCUT2D eigenvalue weighted by Crippen LogP contribution is 2.28. The Morgan fingerprint density at radius 2 is 0.444 bits per heavy atom. The van der Waals surface area contributed by atoms with Crippen molar-refractivity contribution in [1.82, 2.24) is 19.6 Å². The fourth-order valence-electron chi connectivity index (χ4n) is 4.14. The molecule has 0 aromatic heterocycles. The Morgan fingerprint density at radius 3 is 0.500 bits per heavy atom. The van der Waals surface area contributed by atoms with Gasteiger partial charge in [0.25, 0.3) is 0 Å². The lowest BCUT2D eigenvalue weighted by molar-refractivity contribution is -0.294. The van der Waals surface area contributed by atoms with E-state index in [1.54, 1.807) is 0 Å². The molecule has 16 nitrogen and oxygen atoms in total. The minimum absolute atomic E-state index is 0.572. The summed E-state index contributed by atoms with van der Waals surface area (Å²) < 4.78 is 41.5. The van der Waals surface area contributed by atoms with Crippen molar-refractivity contribution < 1.29 is 57.1 Å². The first-order valence-corrected chi connectivity index (χ1v) is 10.5. The third-order valence-electron chi connectivity index (χ3n) is 5.75. The van der Waals surface area contributed by atoms with E-state index in [-0.39, 0.29) is 0 Å². The summed E-state index contributed by atoms with van der Waals surface area (Å²) >= 11 is 0. The highest BCUT2D eigenvalue weighted by molar-refractivity contribution is 5.53. The number of piperazine rings is 2. The number of ether oxygens (including phenoxy) is 8. The number of hydrogen-bond donors (Lipinski definition) is 0. The molecule has 4 amide bonds. The van der Waals surface area contributed by atoms with E-state index in [0.717, 1.165) is 0 Å². The second-order valence-corrected chi connectivity index (χ2v) is 7.22. The van der Waals surface area contributed by atoms with E-state index in [1.165, 1.54) is 76.5 Å². The van der Waals surface area contributed by atoms with E-state index in [1.807, 2.05) is 0 Å². The molecule has 0 aromatic carbocycles. The van der Waals surface area contributed by atoms with Crippen LogP contribution in [0.5, 0.6) is 0 Å². The summed E-state index contributed by atoms with van der Waals surface area (Å²) in [6, 6.07) is 0. The molecular weight excluding hydrogens is 488 g/mol. The van der Waals surface area contributed by atoms with Crippen molar-refractivity contribution in [2.45, 2.75) is 49.8 Å². The number of hydrogen-bond acceptors (Lipinski definition) is 12. The average molecular weight is 525 g/mol. The van der Waals surface area contributed by atoms with Crippen molar-refractivity contribution in [2.24, 2.45) is 0 Å². The van der Waals surface area contributed by atoms with Gasteiger partial charge in [-0.05, 0) is 0 Å². The summed E-state index contributed by atoms with van der Waals surface area (Å²) in [6.45, 7) is 0. The molecule has 0 bridgehead atoms. The minimum atomic E-state index is -0.769. The Morgan fingerprint density at radius 1 is 0.333 bits per heavy atom. The smallest absolute Gasteiger partial charge is 0.214 e. The van der Waals surface area contributed by atoms with E-state index >= 15 is 0 Å². The Labute approximate surface area is 209 Å². The number of carbonyl (C=O) groups excluding carboxylic acids is 4. The van der Waals surface area contributed by atoms with E-state index in [0.29, 0.717) is 25.6 Å². The Hall–Kier alpha value is -2.44. The fraction of sp³-hybridized carbons (Fsp3) is 0.800. The van der Waals surface area contributed by atoms with Gasteiger partial charge in [0.15, 0.2) is 49.8 Å². The zero-order valence-corrected chi connectivity index (χ0v) is 21.6. The van der Waals surface area contributed by atoms with Gasteiger partial charge >= 0.3 is 0 Å². The second-order valence-electron chi connectivity index (χ2n) is 7.22. The third kappa shape index (κ3) is 6.09. The van der Waals surface area contributed by atoms with Crippen molar-refractivity contribution in [2.75, 3.05) is 56.9 Å². The summed E-state index contributed by atoms with van der Waals surface area (Å²) in [4.78, 5) is 49.7. The predicted octanol–water partition coefficient (Wildman–Crippen LogP) is -2.39. The van der Waals surface area contributed by atoms with Gasteiger partial charge in [0.1, 0.15) is 0 Å². The van der Waals surface area contributed by atoms with E-state index in [2.05, 4.69) is 0 Å². The SMILES string of the molecule is CO[C@@H]1[C@@H](OC)N(C=O)[C@@H](OC)[C@H](OC)N1C=O.CO[C@@H]1[C@@H](OC)N(C=O)[C@@H](OC)[C@H](OC)N1C=O. The van der Waals surface area contributed by atoms with Crippen LogP contribution in [-0.4, -0.2) is 152 Å². The molecule has 0 unspecified atom stereocenters. The topological polar surface area (TPSA) is 155 Å². The van der Waals surface area contributed by atoms with Gasteiger partial charge in [0.2, 0.25) is 25.6 Å². The number of rotatable bonds is 12. The monoisotopic (exact) mass is 524 g/mol. The maximum Gasteiger partial charge on any atom is 0.214 e. The van der Waals surface area contributed by atoms with Crippen LogP contribution in [0.4, 0.5) is 0 Å². The number of amides is 4. The molecule has 0 N–H and O–H groups in total. The van der Waals surface area contributed by atoms with Crippen LogP contribution < -0.4 is 0 Å². The second kappa shape index (κ2) is 15.6. The minimum Gasteiger partial charge on any atom is -0.357 e. The third-order valence-corrected chi connectivity index (χ3v) is 5.75. The lowest BCUT2D eigenvalue weighted by atomic mass is 10.2. The molecule has 16 heteroatoms. The lowest BCUT2D eigenvalue weighted by Crippen LogP contribution is -2.69. The summed E-state index contributed by atoms with van der Waals surface area (Å²) in [7, 11) is 11.3. The molecule has 0 saturated carbocycles. The van der Waals surface area contributed by atoms with E-state index < -0.39 is 49.8 Å². The predicted molar refractivity (Wildman–Crippen MR) is 118 cm³/mol. The molecule has 0 aliphatic carbocycles. The molecule has 2 saturated heterocycles. The molecule has 0 spiro atoms. The molecule has 36 heavy (non-hydrogen) atoms. The molecule has 2 aliphatic rings. The number of carbonyl (C=O) groups is 4. The zero-order valence-electron chi connectivity index (χ0n) is 21.6. The lowest BCUT2D eigenvalue weighted by Gasteiger charge is -2.50. The van der Waals surface area contributed by atoms with Gasteiger partial charge in [-0.1, -0.05) is 0 Å². The van der Waals surface area contributed by atoms with Gasteiger partial charge < -0.3 is 37.9 Å². The van der Waals surface area contributed by atoms with Crippen LogP contribution in [0, 0.1) is 0 Å². The summed E-state index contributed by atoms with van der Waals surface area (Å²) in [5.74, 6) is 0. The summed E-state index contributed by atoms with van der Waals surface area (Å²) in [5, 5.41) is 0. The van der Waals surface area contributed by atoms with Gasteiger partial charge in [-0.2, -0.15) is 0 Å². The first-order chi connectivity index (χ1) is 17.4. The van der Waals surface area contributed by atoms with Gasteiger partial charge in [-0.3, -0.25) is 38.8 Å². The van der Waals surface area contributed by atoms with Crippen LogP contribution in [0.3, 0.4) is 0 Å². The zero-order chi connectivity index (χ0) is 27.4. The Balaban J connectivity index is 0.000000360. The number of methoxy groups -OCH3 is 8. The number of nitrogens with zero attached hydrogens (tertiary/aromatic N) is 4. The summed E-state index contributed by atoms with van der Waals surface area (Å²) in [5.41, 5.74) is 0. The molecule has 0 radical (unpaired) electrons. The normalized spacial score (nSPS) is 32.4. The molecule has 2 rings (SSSR count). The van der Waals surface area contributed by atoms with Gasteiger partial charge in [0, 0.05) is 56.9 Å². The van der Waals surface area contributed by atoms with Crippen molar-refractivity contribution in [3.63, 3.8) is 0 Å². The van der Waals surface area contributed by atoms with Crippen molar-refractivity contribution >= 4 is 25.6 Å². The van der Waals surface area contributed by atoms with Crippen molar-refractivity contribution in [3.05, 3.63) is 0 Å². The van der Waals surface area contributed by atoms with Gasteiger partial charge in [-0.15, -0.1) is 0 Å². The van der Waals surface area contributed by atoms with Crippen LogP contribution in [0.1, 0.15) is 0 Å². The fourth-order valence-corrected chi connectivity index (χ4v) is 4.14. The largest absolute Gasteiger partial charge is 0.357 e. The van der Waals surface area contributed by atoms with Gasteiger partial charge in [-0.25, -0.2) is 0 Å². The maximum atomic E-state index is 11.2. The average Bonchev–Trinajstić information content (AvgIpc) is 2.93. The maximum absolute atomic E-state index is 11.2. The molecule has 0 aromatic rings. The standard InChI is InChI=1S/2C10H18N2O6/c2*1-15-7-8(16-2)12(6-14)10(18-4)9(17-3)11(7)5-13/h2*5-10H,1-4H3/t2*7-,8-,9+,10+. The van der Waals surface area contributed by atoms with Crippen LogP contribution in [-0.2, 0) is 57.1 Å². The van der Waals surface area contributed by atoms with Crippen molar-refractivity contribution in [1.29, 1.82) is 0 Å². The Kier molecular flexibility index (Phi) is 13.7. The Bertz CT molecular complexity index is 539. The molecule has 2 heterocycles. The molecular formula is C20H36N4O12. The molecule has 208 valence electrons. The van der Waals surface area contributed by atoms with E-state index in [9.17, 15) is 19.2 Å². The first-order valence-electron chi connectivity index (χ1n) is 10.5. The van der Waals surface area contributed by atoms with Crippen LogP contribution in [0.25, 0.3) is 0 Å². The van der Waals surface area contributed by atoms with Crippen molar-refractivity contribution in [3.8, 4) is 0 Å². The molecule has 2 fully saturated rings. The van der Waals surface area contributed by atoms with E-state index in [4.69, 9.17) is 37.9 Å². The quantitative estimate of drug-likeness (QED) is 0.250. The van der Waals surface area contributed by atoms with Crippen LogP contribution in [0.15, 0.2) is 0 Å². The van der Waals surface area contributed by atoms with Gasteiger partial charge in [0.05, 0.1) is 0 Å². The van der Waals surface area contributed by atoms with Crippen LogP contribution in [0.2, 0.25) is 0 Å². The highest BCUT2D eigenvalue weighted by Gasteiger charge is 2.49. The highest BCUT2D eigenvalue weighted by atomic mass is 16.6. The first kappa shape index (κ1) is 31.6.